The van der Waals surface area contributed by atoms with E-state index in [9.17, 15) is 4.79 Å². The van der Waals surface area contributed by atoms with E-state index >= 15 is 0 Å². The molecule has 7 heteroatoms. The first-order valence-corrected chi connectivity index (χ1v) is 7.36. The van der Waals surface area contributed by atoms with Crippen LogP contribution in [0, 0.1) is 0 Å². The number of halogens is 2. The molecule has 0 aliphatic heterocycles. The predicted octanol–water partition coefficient (Wildman–Crippen LogP) is 3.89. The molecule has 2 rings (SSSR count). The fourth-order valence-electron chi connectivity index (χ4n) is 1.55. The average Bonchev–Trinajstić information content (AvgIpc) is 2.74. The molecule has 2 heterocycles. The number of hydrogen-bond donors (Lipinski definition) is 1. The van der Waals surface area contributed by atoms with Gasteiger partial charge in [0.15, 0.2) is 5.69 Å². The van der Waals surface area contributed by atoms with E-state index in [1.165, 1.54) is 0 Å². The first kappa shape index (κ1) is 14.3. The molecular weight excluding hydrogens is 352 g/mol. The molecule has 0 aromatic carbocycles. The predicted molar refractivity (Wildman–Crippen MR) is 80.3 cm³/mol. The van der Waals surface area contributed by atoms with E-state index < -0.39 is 5.97 Å². The Morgan fingerprint density at radius 2 is 2.32 bits per heavy atom. The molecule has 0 unspecified atom stereocenters. The van der Waals surface area contributed by atoms with Crippen LogP contribution in [-0.2, 0) is 6.54 Å². The normalized spacial score (nSPS) is 10.5. The van der Waals surface area contributed by atoms with Gasteiger partial charge < -0.3 is 10.0 Å². The maximum atomic E-state index is 11.0. The van der Waals surface area contributed by atoms with Gasteiger partial charge in [-0.05, 0) is 34.1 Å². The number of thiophene rings is 1. The molecule has 0 amide bonds. The fourth-order valence-corrected chi connectivity index (χ4v) is 3.24. The number of rotatable bonds is 4. The van der Waals surface area contributed by atoms with Crippen LogP contribution >= 0.6 is 38.9 Å². The Bertz CT molecular complexity index is 618. The molecule has 100 valence electrons. The highest BCUT2D eigenvalue weighted by Crippen LogP contribution is 2.24. The number of hydrogen-bond acceptors (Lipinski definition) is 4. The minimum atomic E-state index is -1.13. The number of aromatic nitrogens is 1. The van der Waals surface area contributed by atoms with Crippen molar-refractivity contribution in [2.24, 2.45) is 0 Å². The van der Waals surface area contributed by atoms with Gasteiger partial charge in [0.2, 0.25) is 0 Å². The van der Waals surface area contributed by atoms with Crippen LogP contribution < -0.4 is 4.90 Å². The lowest BCUT2D eigenvalue weighted by Crippen LogP contribution is -2.18. The van der Waals surface area contributed by atoms with Crippen LogP contribution in [0.15, 0.2) is 28.1 Å². The maximum Gasteiger partial charge on any atom is 0.356 e. The number of nitrogens with zero attached hydrogens (tertiary/aromatic N) is 2. The largest absolute Gasteiger partial charge is 0.476 e. The van der Waals surface area contributed by atoms with Crippen molar-refractivity contribution >= 4 is 50.7 Å². The molecule has 0 radical (unpaired) electrons. The molecule has 19 heavy (non-hydrogen) atoms. The van der Waals surface area contributed by atoms with Gasteiger partial charge in [0.05, 0.1) is 11.6 Å². The van der Waals surface area contributed by atoms with Gasteiger partial charge >= 0.3 is 5.97 Å². The Morgan fingerprint density at radius 3 is 2.89 bits per heavy atom. The lowest BCUT2D eigenvalue weighted by Gasteiger charge is -2.17. The Labute approximate surface area is 127 Å². The Hall–Kier alpha value is -1.11. The first-order valence-electron chi connectivity index (χ1n) is 5.31. The van der Waals surface area contributed by atoms with Gasteiger partial charge in [-0.15, -0.1) is 11.3 Å². The second kappa shape index (κ2) is 5.90. The van der Waals surface area contributed by atoms with Crippen molar-refractivity contribution in [3.8, 4) is 0 Å². The van der Waals surface area contributed by atoms with Crippen molar-refractivity contribution in [3.05, 3.63) is 43.6 Å². The monoisotopic (exact) mass is 360 g/mol. The molecule has 0 saturated heterocycles. The van der Waals surface area contributed by atoms with Gasteiger partial charge in [-0.3, -0.25) is 0 Å². The van der Waals surface area contributed by atoms with Crippen LogP contribution in [0.4, 0.5) is 5.82 Å². The Morgan fingerprint density at radius 1 is 1.58 bits per heavy atom. The van der Waals surface area contributed by atoms with Crippen molar-refractivity contribution in [1.82, 2.24) is 4.98 Å². The third-order valence-electron chi connectivity index (χ3n) is 2.44. The number of pyridine rings is 1. The van der Waals surface area contributed by atoms with Crippen LogP contribution in [0.3, 0.4) is 0 Å². The summed E-state index contributed by atoms with van der Waals surface area (Å²) in [4.78, 5) is 18.1. The molecule has 0 aliphatic rings. The molecule has 2 aromatic rings. The van der Waals surface area contributed by atoms with Gasteiger partial charge in [-0.2, -0.15) is 0 Å². The summed E-state index contributed by atoms with van der Waals surface area (Å²) in [5.41, 5.74) is -0.127. The third-order valence-corrected chi connectivity index (χ3v) is 4.43. The minimum Gasteiger partial charge on any atom is -0.476 e. The smallest absolute Gasteiger partial charge is 0.356 e. The Balaban J connectivity index is 2.21. The number of aromatic carboxylic acids is 1. The van der Waals surface area contributed by atoms with Crippen molar-refractivity contribution in [1.29, 1.82) is 0 Å². The van der Waals surface area contributed by atoms with E-state index in [0.29, 0.717) is 12.4 Å². The van der Waals surface area contributed by atoms with Crippen LogP contribution in [0.2, 0.25) is 5.02 Å². The number of carboxylic acid groups (broad SMARTS) is 1. The fraction of sp³-hybridized carbons (Fsp3) is 0.167. The Kier molecular flexibility index (Phi) is 4.44. The molecule has 0 aliphatic carbocycles. The number of carbonyl (C=O) groups is 1. The summed E-state index contributed by atoms with van der Waals surface area (Å²) < 4.78 is 1.04. The van der Waals surface area contributed by atoms with Gasteiger partial charge in [-0.1, -0.05) is 11.6 Å². The summed E-state index contributed by atoms with van der Waals surface area (Å²) in [6.07, 6.45) is 0. The van der Waals surface area contributed by atoms with Gasteiger partial charge in [0.25, 0.3) is 0 Å². The summed E-state index contributed by atoms with van der Waals surface area (Å²) in [5.74, 6) is -0.551. The summed E-state index contributed by atoms with van der Waals surface area (Å²) in [6, 6.07) is 5.28. The summed E-state index contributed by atoms with van der Waals surface area (Å²) in [7, 11) is 1.86. The van der Waals surface area contributed by atoms with E-state index in [0.717, 1.165) is 9.35 Å². The van der Waals surface area contributed by atoms with E-state index in [2.05, 4.69) is 20.9 Å². The van der Waals surface area contributed by atoms with Crippen LogP contribution in [0.25, 0.3) is 0 Å². The molecule has 4 nitrogen and oxygen atoms in total. The zero-order valence-corrected chi connectivity index (χ0v) is 13.1. The second-order valence-electron chi connectivity index (χ2n) is 3.89. The average molecular weight is 362 g/mol. The lowest BCUT2D eigenvalue weighted by molar-refractivity contribution is 0.0691. The molecule has 0 bridgehead atoms. The van der Waals surface area contributed by atoms with E-state index in [1.807, 2.05) is 23.4 Å². The molecule has 0 saturated carbocycles. The molecule has 1 N–H and O–H groups in total. The zero-order valence-electron chi connectivity index (χ0n) is 9.93. The molecule has 2 aromatic heterocycles. The zero-order chi connectivity index (χ0) is 14.0. The lowest BCUT2D eigenvalue weighted by atomic mass is 10.3. The van der Waals surface area contributed by atoms with Crippen LogP contribution in [-0.4, -0.2) is 23.1 Å². The summed E-state index contributed by atoms with van der Waals surface area (Å²) in [6.45, 7) is 0.657. The molecule has 0 atom stereocenters. The SMILES string of the molecule is CN(Cc1cc(Br)cs1)c1ccc(Cl)c(C(=O)O)n1. The molecule has 0 spiro atoms. The van der Waals surface area contributed by atoms with Gasteiger partial charge in [0, 0.05) is 21.8 Å². The summed E-state index contributed by atoms with van der Waals surface area (Å²) >= 11 is 10.8. The first-order chi connectivity index (χ1) is 8.97. The highest BCUT2D eigenvalue weighted by Gasteiger charge is 2.13. The maximum absolute atomic E-state index is 11.0. The van der Waals surface area contributed by atoms with Crippen molar-refractivity contribution in [2.45, 2.75) is 6.54 Å². The molecule has 0 fully saturated rings. The quantitative estimate of drug-likeness (QED) is 0.897. The highest BCUT2D eigenvalue weighted by atomic mass is 79.9. The van der Waals surface area contributed by atoms with Gasteiger partial charge in [-0.25, -0.2) is 9.78 Å². The van der Waals surface area contributed by atoms with E-state index in [4.69, 9.17) is 16.7 Å². The van der Waals surface area contributed by atoms with Crippen molar-refractivity contribution in [2.75, 3.05) is 11.9 Å². The van der Waals surface area contributed by atoms with E-state index in [1.54, 1.807) is 23.5 Å². The summed E-state index contributed by atoms with van der Waals surface area (Å²) in [5, 5.41) is 11.1. The minimum absolute atomic E-state index is 0.127. The number of carboxylic acids is 1. The number of anilines is 1. The van der Waals surface area contributed by atoms with Crippen molar-refractivity contribution in [3.63, 3.8) is 0 Å². The topological polar surface area (TPSA) is 53.4 Å². The second-order valence-corrected chi connectivity index (χ2v) is 6.21. The van der Waals surface area contributed by atoms with Crippen molar-refractivity contribution < 1.29 is 9.90 Å². The third kappa shape index (κ3) is 3.46. The van der Waals surface area contributed by atoms with E-state index in [-0.39, 0.29) is 10.7 Å². The standard InChI is InChI=1S/C12H10BrClN2O2S/c1-16(5-8-4-7(13)6-19-8)10-3-2-9(14)11(15-10)12(17)18/h2-4,6H,5H2,1H3,(H,17,18). The highest BCUT2D eigenvalue weighted by molar-refractivity contribution is 9.10. The van der Waals surface area contributed by atoms with Crippen LogP contribution in [0.1, 0.15) is 15.4 Å². The van der Waals surface area contributed by atoms with Crippen LogP contribution in [0.5, 0.6) is 0 Å². The molecular formula is C12H10BrClN2O2S. The van der Waals surface area contributed by atoms with Gasteiger partial charge in [0.1, 0.15) is 5.82 Å².